The Labute approximate surface area is 65.1 Å². The van der Waals surface area contributed by atoms with E-state index < -0.39 is 24.4 Å². The molecule has 0 bridgehead atoms. The Morgan fingerprint density at radius 1 is 1.36 bits per heavy atom. The van der Waals surface area contributed by atoms with Crippen LogP contribution in [0.1, 0.15) is 19.3 Å². The van der Waals surface area contributed by atoms with Crippen LogP contribution in [0.4, 0.5) is 0 Å². The van der Waals surface area contributed by atoms with Crippen molar-refractivity contribution in [3.8, 4) is 0 Å². The van der Waals surface area contributed by atoms with E-state index in [1.807, 2.05) is 0 Å². The summed E-state index contributed by atoms with van der Waals surface area (Å²) in [6, 6.07) is 0. The van der Waals surface area contributed by atoms with E-state index in [9.17, 15) is 10.2 Å². The van der Waals surface area contributed by atoms with Crippen molar-refractivity contribution in [2.45, 2.75) is 37.1 Å². The van der Waals surface area contributed by atoms with E-state index in [1.54, 1.807) is 0 Å². The third-order valence-electron chi connectivity index (χ3n) is 2.30. The lowest BCUT2D eigenvalue weighted by molar-refractivity contribution is -0.168. The van der Waals surface area contributed by atoms with Gasteiger partial charge < -0.3 is 20.4 Å². The van der Waals surface area contributed by atoms with Gasteiger partial charge in [0, 0.05) is 0 Å². The summed E-state index contributed by atoms with van der Waals surface area (Å²) in [5.74, 6) is 0. The summed E-state index contributed by atoms with van der Waals surface area (Å²) < 4.78 is 0. The van der Waals surface area contributed by atoms with Crippen LogP contribution >= 0.6 is 0 Å². The van der Waals surface area contributed by atoms with Crippen LogP contribution in [0.3, 0.4) is 0 Å². The van der Waals surface area contributed by atoms with Crippen LogP contribution in [-0.4, -0.2) is 44.8 Å². The maximum absolute atomic E-state index is 9.46. The number of hydrogen-bond acceptors (Lipinski definition) is 4. The quantitative estimate of drug-likeness (QED) is 0.383. The van der Waals surface area contributed by atoms with Crippen molar-refractivity contribution < 1.29 is 20.4 Å². The molecule has 0 heterocycles. The minimum atomic E-state index is -1.49. The molecule has 1 aliphatic rings. The van der Waals surface area contributed by atoms with E-state index in [1.165, 1.54) is 0 Å². The average Bonchev–Trinajstić information content (AvgIpc) is 2.00. The first-order valence-electron chi connectivity index (χ1n) is 3.79. The molecular formula is C7H14O4. The monoisotopic (exact) mass is 162 g/mol. The molecule has 1 aliphatic carbocycles. The number of aliphatic hydroxyl groups excluding tert-OH is 3. The van der Waals surface area contributed by atoms with E-state index in [0.29, 0.717) is 19.3 Å². The zero-order valence-electron chi connectivity index (χ0n) is 6.27. The van der Waals surface area contributed by atoms with E-state index in [4.69, 9.17) is 10.2 Å². The van der Waals surface area contributed by atoms with Crippen LogP contribution < -0.4 is 0 Å². The Morgan fingerprint density at radius 2 is 2.00 bits per heavy atom. The molecule has 3 unspecified atom stereocenters. The molecule has 66 valence electrons. The molecule has 4 heteroatoms. The van der Waals surface area contributed by atoms with Crippen molar-refractivity contribution in [3.05, 3.63) is 0 Å². The predicted molar refractivity (Wildman–Crippen MR) is 37.9 cm³/mol. The molecule has 4 nitrogen and oxygen atoms in total. The Morgan fingerprint density at radius 3 is 2.45 bits per heavy atom. The molecule has 0 amide bonds. The van der Waals surface area contributed by atoms with Gasteiger partial charge in [-0.25, -0.2) is 0 Å². The molecule has 0 aromatic heterocycles. The summed E-state index contributed by atoms with van der Waals surface area (Å²) in [6.07, 6.45) is -0.636. The lowest BCUT2D eigenvalue weighted by atomic mass is 9.81. The number of rotatable bonds is 1. The lowest BCUT2D eigenvalue weighted by Gasteiger charge is -2.38. The Kier molecular flexibility index (Phi) is 2.49. The van der Waals surface area contributed by atoms with Crippen molar-refractivity contribution in [3.63, 3.8) is 0 Å². The van der Waals surface area contributed by atoms with E-state index in [0.717, 1.165) is 0 Å². The Balaban J connectivity index is 2.64. The van der Waals surface area contributed by atoms with Gasteiger partial charge in [-0.15, -0.1) is 0 Å². The summed E-state index contributed by atoms with van der Waals surface area (Å²) in [4.78, 5) is 0. The van der Waals surface area contributed by atoms with Crippen LogP contribution in [0, 0.1) is 0 Å². The van der Waals surface area contributed by atoms with Crippen LogP contribution in [0.5, 0.6) is 0 Å². The van der Waals surface area contributed by atoms with Gasteiger partial charge in [0.15, 0.2) is 0 Å². The minimum absolute atomic E-state index is 0.349. The van der Waals surface area contributed by atoms with Crippen LogP contribution in [0.15, 0.2) is 0 Å². The average molecular weight is 162 g/mol. The topological polar surface area (TPSA) is 80.9 Å². The molecule has 11 heavy (non-hydrogen) atoms. The third-order valence-corrected chi connectivity index (χ3v) is 2.30. The largest absolute Gasteiger partial charge is 0.393 e. The second kappa shape index (κ2) is 3.06. The summed E-state index contributed by atoms with van der Waals surface area (Å²) in [7, 11) is 0. The van der Waals surface area contributed by atoms with Gasteiger partial charge in [-0.3, -0.25) is 0 Å². The normalized spacial score (nSPS) is 45.8. The summed E-state index contributed by atoms with van der Waals surface area (Å²) in [6.45, 7) is -0.495. The fourth-order valence-corrected chi connectivity index (χ4v) is 1.45. The molecule has 0 aromatic carbocycles. The maximum atomic E-state index is 9.46. The first-order valence-corrected chi connectivity index (χ1v) is 3.79. The number of hydrogen-bond donors (Lipinski definition) is 4. The second-order valence-electron chi connectivity index (χ2n) is 3.17. The molecule has 0 aliphatic heterocycles. The minimum Gasteiger partial charge on any atom is -0.393 e. The Bertz CT molecular complexity index is 138. The van der Waals surface area contributed by atoms with E-state index in [-0.39, 0.29) is 0 Å². The molecule has 1 saturated carbocycles. The molecule has 0 saturated heterocycles. The molecule has 1 rings (SSSR count). The van der Waals surface area contributed by atoms with Crippen molar-refractivity contribution >= 4 is 0 Å². The van der Waals surface area contributed by atoms with Crippen molar-refractivity contribution in [2.75, 3.05) is 6.61 Å². The predicted octanol–water partition coefficient (Wildman–Crippen LogP) is -1.38. The first-order chi connectivity index (χ1) is 5.10. The highest BCUT2D eigenvalue weighted by Crippen LogP contribution is 2.28. The van der Waals surface area contributed by atoms with Gasteiger partial charge in [-0.05, 0) is 19.3 Å². The van der Waals surface area contributed by atoms with Gasteiger partial charge in [0.2, 0.25) is 0 Å². The second-order valence-corrected chi connectivity index (χ2v) is 3.17. The standard InChI is InChI=1S/C7H14O4/c8-4-7(11)3-1-2-5(9)6(7)10/h5-6,8-11H,1-4H2. The van der Waals surface area contributed by atoms with Crippen molar-refractivity contribution in [2.24, 2.45) is 0 Å². The highest BCUT2D eigenvalue weighted by Gasteiger charge is 2.42. The van der Waals surface area contributed by atoms with Crippen molar-refractivity contribution in [1.29, 1.82) is 0 Å². The van der Waals surface area contributed by atoms with E-state index >= 15 is 0 Å². The SMILES string of the molecule is OCC1(O)CCCC(O)C1O. The molecular weight excluding hydrogens is 148 g/mol. The lowest BCUT2D eigenvalue weighted by Crippen LogP contribution is -2.54. The highest BCUT2D eigenvalue weighted by molar-refractivity contribution is 4.94. The third kappa shape index (κ3) is 1.54. The fraction of sp³-hybridized carbons (Fsp3) is 1.00. The number of aliphatic hydroxyl groups is 4. The smallest absolute Gasteiger partial charge is 0.116 e. The summed E-state index contributed by atoms with van der Waals surface area (Å²) >= 11 is 0. The highest BCUT2D eigenvalue weighted by atomic mass is 16.4. The maximum Gasteiger partial charge on any atom is 0.116 e. The van der Waals surface area contributed by atoms with Gasteiger partial charge in [0.1, 0.15) is 11.7 Å². The van der Waals surface area contributed by atoms with Crippen LogP contribution in [0.2, 0.25) is 0 Å². The molecule has 1 fully saturated rings. The van der Waals surface area contributed by atoms with Gasteiger partial charge in [0.25, 0.3) is 0 Å². The Hall–Kier alpha value is -0.160. The molecule has 4 N–H and O–H groups in total. The molecule has 0 radical (unpaired) electrons. The van der Waals surface area contributed by atoms with E-state index in [2.05, 4.69) is 0 Å². The molecule has 3 atom stereocenters. The summed E-state index contributed by atoms with van der Waals surface area (Å²) in [5.41, 5.74) is -1.49. The fourth-order valence-electron chi connectivity index (χ4n) is 1.45. The molecule has 0 spiro atoms. The van der Waals surface area contributed by atoms with Gasteiger partial charge in [-0.2, -0.15) is 0 Å². The van der Waals surface area contributed by atoms with Crippen LogP contribution in [-0.2, 0) is 0 Å². The van der Waals surface area contributed by atoms with Gasteiger partial charge >= 0.3 is 0 Å². The van der Waals surface area contributed by atoms with Crippen LogP contribution in [0.25, 0.3) is 0 Å². The zero-order chi connectivity index (χ0) is 8.48. The van der Waals surface area contributed by atoms with Crippen molar-refractivity contribution in [1.82, 2.24) is 0 Å². The molecule has 0 aromatic rings. The zero-order valence-corrected chi connectivity index (χ0v) is 6.27. The first kappa shape index (κ1) is 8.93. The summed E-state index contributed by atoms with van der Waals surface area (Å²) in [5, 5.41) is 36.5. The van der Waals surface area contributed by atoms with Gasteiger partial charge in [0.05, 0.1) is 12.7 Å². The van der Waals surface area contributed by atoms with Gasteiger partial charge in [-0.1, -0.05) is 0 Å².